The molecule has 21 heavy (non-hydrogen) atoms. The summed E-state index contributed by atoms with van der Waals surface area (Å²) in [7, 11) is 0. The van der Waals surface area contributed by atoms with Gasteiger partial charge in [0.25, 0.3) is 5.69 Å². The Labute approximate surface area is 131 Å². The summed E-state index contributed by atoms with van der Waals surface area (Å²) in [5.74, 6) is 0.439. The van der Waals surface area contributed by atoms with E-state index in [2.05, 4.69) is 33.0 Å². The van der Waals surface area contributed by atoms with Crippen LogP contribution in [0.1, 0.15) is 17.9 Å². The Bertz CT molecular complexity index is 661. The molecule has 0 saturated carbocycles. The first-order valence-electron chi connectivity index (χ1n) is 6.89. The van der Waals surface area contributed by atoms with E-state index in [-0.39, 0.29) is 10.6 Å². The van der Waals surface area contributed by atoms with Crippen molar-refractivity contribution >= 4 is 27.3 Å². The second kappa shape index (κ2) is 5.85. The van der Waals surface area contributed by atoms with E-state index in [0.29, 0.717) is 11.6 Å². The van der Waals surface area contributed by atoms with Gasteiger partial charge in [-0.05, 0) is 24.1 Å². The molecule has 3 rings (SSSR count). The first-order chi connectivity index (χ1) is 10.1. The highest BCUT2D eigenvalue weighted by Gasteiger charge is 2.28. The molecule has 1 aliphatic rings. The predicted octanol–water partition coefficient (Wildman–Crippen LogP) is 4.35. The molecular weight excluding hydrogens is 332 g/mol. The predicted molar refractivity (Wildman–Crippen MR) is 86.8 cm³/mol. The lowest BCUT2D eigenvalue weighted by atomic mass is 9.99. The van der Waals surface area contributed by atoms with Crippen LogP contribution >= 0.6 is 15.9 Å². The SMILES string of the molecule is O=[N+]([O-])c1cc(Br)ccc1N1CCC(c2ccccc2)C1. The van der Waals surface area contributed by atoms with Gasteiger partial charge in [-0.25, -0.2) is 0 Å². The molecule has 1 heterocycles. The molecule has 0 bridgehead atoms. The molecule has 0 radical (unpaired) electrons. The number of hydrogen-bond donors (Lipinski definition) is 0. The largest absolute Gasteiger partial charge is 0.365 e. The number of nitro groups is 1. The van der Waals surface area contributed by atoms with Crippen LogP contribution in [0.5, 0.6) is 0 Å². The van der Waals surface area contributed by atoms with Gasteiger partial charge in [0.1, 0.15) is 5.69 Å². The Morgan fingerprint density at radius 1 is 1.19 bits per heavy atom. The van der Waals surface area contributed by atoms with Gasteiger partial charge in [0, 0.05) is 29.5 Å². The van der Waals surface area contributed by atoms with E-state index in [1.807, 2.05) is 30.3 Å². The van der Waals surface area contributed by atoms with Gasteiger partial charge >= 0.3 is 0 Å². The highest BCUT2D eigenvalue weighted by Crippen LogP contribution is 2.36. The first kappa shape index (κ1) is 14.1. The first-order valence-corrected chi connectivity index (χ1v) is 7.68. The number of nitro benzene ring substituents is 1. The molecule has 0 N–H and O–H groups in total. The second-order valence-electron chi connectivity index (χ2n) is 5.23. The van der Waals surface area contributed by atoms with Crippen LogP contribution in [0.2, 0.25) is 0 Å². The van der Waals surface area contributed by atoms with Gasteiger partial charge in [0.15, 0.2) is 0 Å². The third-order valence-corrected chi connectivity index (χ3v) is 4.43. The fraction of sp³-hybridized carbons (Fsp3) is 0.250. The van der Waals surface area contributed by atoms with E-state index < -0.39 is 0 Å². The molecular formula is C16H15BrN2O2. The number of hydrogen-bond acceptors (Lipinski definition) is 3. The van der Waals surface area contributed by atoms with Gasteiger partial charge in [-0.2, -0.15) is 0 Å². The molecule has 0 aromatic heterocycles. The van der Waals surface area contributed by atoms with E-state index in [0.717, 1.165) is 24.0 Å². The standard InChI is InChI=1S/C16H15BrN2O2/c17-14-6-7-15(16(10-14)19(20)21)18-9-8-13(11-18)12-4-2-1-3-5-12/h1-7,10,13H,8-9,11H2. The molecule has 0 aliphatic carbocycles. The lowest BCUT2D eigenvalue weighted by Crippen LogP contribution is -2.20. The fourth-order valence-corrected chi connectivity index (χ4v) is 3.24. The zero-order valence-corrected chi connectivity index (χ0v) is 13.0. The van der Waals surface area contributed by atoms with Crippen LogP contribution in [-0.2, 0) is 0 Å². The van der Waals surface area contributed by atoms with Crippen molar-refractivity contribution in [3.63, 3.8) is 0 Å². The lowest BCUT2D eigenvalue weighted by molar-refractivity contribution is -0.384. The number of benzene rings is 2. The summed E-state index contributed by atoms with van der Waals surface area (Å²) in [5, 5.41) is 11.2. The van der Waals surface area contributed by atoms with Crippen molar-refractivity contribution in [3.05, 3.63) is 68.7 Å². The molecule has 1 unspecified atom stereocenters. The molecule has 1 saturated heterocycles. The zero-order chi connectivity index (χ0) is 14.8. The van der Waals surface area contributed by atoms with Crippen molar-refractivity contribution in [2.75, 3.05) is 18.0 Å². The molecule has 2 aromatic carbocycles. The topological polar surface area (TPSA) is 46.4 Å². The van der Waals surface area contributed by atoms with Gasteiger partial charge in [-0.1, -0.05) is 46.3 Å². The Balaban J connectivity index is 1.85. The minimum Gasteiger partial charge on any atom is -0.365 e. The minimum absolute atomic E-state index is 0.165. The van der Waals surface area contributed by atoms with Crippen molar-refractivity contribution in [2.45, 2.75) is 12.3 Å². The maximum atomic E-state index is 11.2. The monoisotopic (exact) mass is 346 g/mol. The third-order valence-electron chi connectivity index (χ3n) is 3.93. The van der Waals surface area contributed by atoms with Gasteiger partial charge in [0.05, 0.1) is 4.92 Å². The fourth-order valence-electron chi connectivity index (χ4n) is 2.89. The minimum atomic E-state index is -0.310. The molecule has 0 amide bonds. The van der Waals surface area contributed by atoms with Crippen LogP contribution in [-0.4, -0.2) is 18.0 Å². The van der Waals surface area contributed by atoms with Crippen LogP contribution in [0, 0.1) is 10.1 Å². The van der Waals surface area contributed by atoms with Gasteiger partial charge in [0.2, 0.25) is 0 Å². The summed E-state index contributed by atoms with van der Waals surface area (Å²) in [5.41, 5.74) is 2.18. The normalized spacial score (nSPS) is 18.0. The summed E-state index contributed by atoms with van der Waals surface area (Å²) < 4.78 is 0.733. The Kier molecular flexibility index (Phi) is 3.92. The molecule has 2 aromatic rings. The van der Waals surface area contributed by atoms with E-state index in [1.54, 1.807) is 6.07 Å². The van der Waals surface area contributed by atoms with Crippen molar-refractivity contribution < 1.29 is 4.92 Å². The van der Waals surface area contributed by atoms with Crippen molar-refractivity contribution in [2.24, 2.45) is 0 Å². The maximum absolute atomic E-state index is 11.2. The van der Waals surface area contributed by atoms with E-state index in [4.69, 9.17) is 0 Å². The van der Waals surface area contributed by atoms with Crippen LogP contribution in [0.15, 0.2) is 53.0 Å². The summed E-state index contributed by atoms with van der Waals surface area (Å²) >= 11 is 3.30. The van der Waals surface area contributed by atoms with E-state index in [1.165, 1.54) is 5.56 Å². The van der Waals surface area contributed by atoms with Crippen LogP contribution < -0.4 is 4.90 Å². The van der Waals surface area contributed by atoms with Crippen molar-refractivity contribution in [3.8, 4) is 0 Å². The zero-order valence-electron chi connectivity index (χ0n) is 11.4. The number of nitrogens with zero attached hydrogens (tertiary/aromatic N) is 2. The Hall–Kier alpha value is -1.88. The average Bonchev–Trinajstić information content (AvgIpc) is 2.97. The summed E-state index contributed by atoms with van der Waals surface area (Å²) in [6.07, 6.45) is 1.03. The van der Waals surface area contributed by atoms with Crippen LogP contribution in [0.3, 0.4) is 0 Å². The number of rotatable bonds is 3. The quantitative estimate of drug-likeness (QED) is 0.613. The summed E-state index contributed by atoms with van der Waals surface area (Å²) in [6.45, 7) is 1.68. The van der Waals surface area contributed by atoms with E-state index in [9.17, 15) is 10.1 Å². The number of anilines is 1. The molecule has 1 atom stereocenters. The van der Waals surface area contributed by atoms with Crippen molar-refractivity contribution in [1.82, 2.24) is 0 Å². The molecule has 4 nitrogen and oxygen atoms in total. The van der Waals surface area contributed by atoms with E-state index >= 15 is 0 Å². The maximum Gasteiger partial charge on any atom is 0.293 e. The molecule has 108 valence electrons. The molecule has 1 fully saturated rings. The van der Waals surface area contributed by atoms with Gasteiger partial charge in [-0.3, -0.25) is 10.1 Å². The Morgan fingerprint density at radius 3 is 2.67 bits per heavy atom. The smallest absolute Gasteiger partial charge is 0.293 e. The third kappa shape index (κ3) is 2.93. The second-order valence-corrected chi connectivity index (χ2v) is 6.15. The molecule has 0 spiro atoms. The molecule has 1 aliphatic heterocycles. The van der Waals surface area contributed by atoms with Gasteiger partial charge < -0.3 is 4.90 Å². The van der Waals surface area contributed by atoms with Crippen LogP contribution in [0.25, 0.3) is 0 Å². The number of halogens is 1. The highest BCUT2D eigenvalue weighted by atomic mass is 79.9. The summed E-state index contributed by atoms with van der Waals surface area (Å²) in [4.78, 5) is 13.0. The average molecular weight is 347 g/mol. The van der Waals surface area contributed by atoms with Gasteiger partial charge in [-0.15, -0.1) is 0 Å². The lowest BCUT2D eigenvalue weighted by Gasteiger charge is -2.19. The van der Waals surface area contributed by atoms with Crippen molar-refractivity contribution in [1.29, 1.82) is 0 Å². The summed E-state index contributed by atoms with van der Waals surface area (Å²) in [6, 6.07) is 15.6. The highest BCUT2D eigenvalue weighted by molar-refractivity contribution is 9.10. The Morgan fingerprint density at radius 2 is 1.95 bits per heavy atom. The molecule has 5 heteroatoms. The van der Waals surface area contributed by atoms with Crippen LogP contribution in [0.4, 0.5) is 11.4 Å².